The summed E-state index contributed by atoms with van der Waals surface area (Å²) in [5.74, 6) is -2.14. The molecule has 0 bridgehead atoms. The van der Waals surface area contributed by atoms with Gasteiger partial charge in [-0.2, -0.15) is 4.31 Å². The molecule has 0 atom stereocenters. The number of hydrogen-bond acceptors (Lipinski definition) is 4. The van der Waals surface area contributed by atoms with Gasteiger partial charge in [0, 0.05) is 35.4 Å². The fourth-order valence-corrected chi connectivity index (χ4v) is 5.60. The maximum absolute atomic E-state index is 14.0. The first kappa shape index (κ1) is 19.6. The first-order valence-corrected chi connectivity index (χ1v) is 10.8. The minimum absolute atomic E-state index is 0.0668. The molecule has 0 aliphatic carbocycles. The Balaban J connectivity index is 1.52. The Kier molecular flexibility index (Phi) is 5.30. The Morgan fingerprint density at radius 1 is 1.07 bits per heavy atom. The van der Waals surface area contributed by atoms with Gasteiger partial charge in [0.15, 0.2) is 4.90 Å². The Bertz CT molecular complexity index is 974. The van der Waals surface area contributed by atoms with Gasteiger partial charge in [-0.1, -0.05) is 17.7 Å². The third-order valence-corrected chi connectivity index (χ3v) is 7.41. The number of sulfonamides is 1. The van der Waals surface area contributed by atoms with E-state index in [0.717, 1.165) is 33.8 Å². The maximum Gasteiger partial charge on any atom is 0.248 e. The number of anilines is 1. The van der Waals surface area contributed by atoms with Crippen LogP contribution >= 0.6 is 11.6 Å². The van der Waals surface area contributed by atoms with Gasteiger partial charge in [-0.15, -0.1) is 0 Å². The number of nitrogens with zero attached hydrogens (tertiary/aromatic N) is 2. The quantitative estimate of drug-likeness (QED) is 0.746. The third kappa shape index (κ3) is 3.50. The van der Waals surface area contributed by atoms with Crippen molar-refractivity contribution >= 4 is 27.3 Å². The van der Waals surface area contributed by atoms with Crippen LogP contribution in [0.5, 0.6) is 0 Å². The lowest BCUT2D eigenvalue weighted by Crippen LogP contribution is -2.48. The van der Waals surface area contributed by atoms with E-state index in [0.29, 0.717) is 31.2 Å². The van der Waals surface area contributed by atoms with E-state index in [9.17, 15) is 17.2 Å². The van der Waals surface area contributed by atoms with E-state index in [2.05, 4.69) is 4.90 Å². The molecule has 0 aromatic heterocycles. The fraction of sp³-hybridized carbons (Fsp3) is 0.368. The Morgan fingerprint density at radius 3 is 2.43 bits per heavy atom. The summed E-state index contributed by atoms with van der Waals surface area (Å²) in [5, 5.41) is 0.636. The summed E-state index contributed by atoms with van der Waals surface area (Å²) in [6.45, 7) is 1.25. The number of hydrogen-bond donors (Lipinski definition) is 0. The van der Waals surface area contributed by atoms with Gasteiger partial charge in [0.1, 0.15) is 18.4 Å². The highest BCUT2D eigenvalue weighted by molar-refractivity contribution is 7.89. The average Bonchev–Trinajstić information content (AvgIpc) is 2.67. The van der Waals surface area contributed by atoms with Crippen LogP contribution in [-0.4, -0.2) is 38.6 Å². The van der Waals surface area contributed by atoms with Gasteiger partial charge < -0.3 is 9.64 Å². The molecule has 2 aliphatic rings. The molecule has 2 aliphatic heterocycles. The molecule has 2 aromatic carbocycles. The molecule has 0 saturated carbocycles. The second-order valence-electron chi connectivity index (χ2n) is 6.91. The predicted octanol–water partition coefficient (Wildman–Crippen LogP) is 3.77. The third-order valence-electron chi connectivity index (χ3n) is 5.22. The van der Waals surface area contributed by atoms with Crippen molar-refractivity contribution in [3.8, 4) is 0 Å². The van der Waals surface area contributed by atoms with Crippen LogP contribution in [0.1, 0.15) is 18.4 Å². The zero-order valence-corrected chi connectivity index (χ0v) is 16.5. The molecule has 0 spiro atoms. The molecule has 9 heteroatoms. The Hall–Kier alpha value is -1.74. The molecular formula is C19H19ClF2N2O3S. The van der Waals surface area contributed by atoms with E-state index in [1.54, 1.807) is 0 Å². The van der Waals surface area contributed by atoms with Gasteiger partial charge in [-0.3, -0.25) is 0 Å². The van der Waals surface area contributed by atoms with E-state index < -0.39 is 26.6 Å². The topological polar surface area (TPSA) is 49.9 Å². The molecule has 28 heavy (non-hydrogen) atoms. The van der Waals surface area contributed by atoms with Crippen molar-refractivity contribution in [2.24, 2.45) is 0 Å². The highest BCUT2D eigenvalue weighted by atomic mass is 35.5. The van der Waals surface area contributed by atoms with Crippen LogP contribution < -0.4 is 4.90 Å². The monoisotopic (exact) mass is 428 g/mol. The fourth-order valence-electron chi connectivity index (χ4n) is 3.83. The SMILES string of the molecule is O=S(=O)(c1c(F)cccc1F)N1CCC(N2COCc3cc(Cl)ccc32)CC1. The number of ether oxygens (including phenoxy) is 1. The summed E-state index contributed by atoms with van der Waals surface area (Å²) in [6.07, 6.45) is 1.06. The van der Waals surface area contributed by atoms with E-state index in [1.807, 2.05) is 18.2 Å². The molecule has 150 valence electrons. The molecule has 1 fully saturated rings. The minimum atomic E-state index is -4.23. The Morgan fingerprint density at radius 2 is 1.75 bits per heavy atom. The van der Waals surface area contributed by atoms with Gasteiger partial charge >= 0.3 is 0 Å². The number of piperidine rings is 1. The van der Waals surface area contributed by atoms with E-state index in [4.69, 9.17) is 16.3 Å². The zero-order valence-electron chi connectivity index (χ0n) is 14.9. The first-order chi connectivity index (χ1) is 13.4. The molecule has 1 saturated heterocycles. The van der Waals surface area contributed by atoms with Crippen molar-refractivity contribution in [3.63, 3.8) is 0 Å². The van der Waals surface area contributed by atoms with Gasteiger partial charge in [0.05, 0.1) is 6.61 Å². The lowest BCUT2D eigenvalue weighted by molar-refractivity contribution is 0.0987. The maximum atomic E-state index is 14.0. The van der Waals surface area contributed by atoms with Crippen LogP contribution in [0.4, 0.5) is 14.5 Å². The molecule has 0 radical (unpaired) electrons. The molecule has 0 unspecified atom stereocenters. The average molecular weight is 429 g/mol. The number of rotatable bonds is 3. The van der Waals surface area contributed by atoms with Crippen molar-refractivity contribution in [3.05, 3.63) is 58.6 Å². The van der Waals surface area contributed by atoms with Crippen LogP contribution in [0, 0.1) is 11.6 Å². The van der Waals surface area contributed by atoms with Crippen molar-refractivity contribution in [2.75, 3.05) is 24.7 Å². The summed E-state index contributed by atoms with van der Waals surface area (Å²) in [6, 6.07) is 8.75. The standard InChI is InChI=1S/C19H19ClF2N2O3S/c20-14-4-5-18-13(10-14)11-27-12-24(18)15-6-8-23(9-7-15)28(25,26)19-16(21)2-1-3-17(19)22/h1-5,10,15H,6-9,11-12H2. The van der Waals surface area contributed by atoms with Crippen LogP contribution in [0.3, 0.4) is 0 Å². The van der Waals surface area contributed by atoms with Crippen LogP contribution in [0.15, 0.2) is 41.3 Å². The summed E-state index contributed by atoms with van der Waals surface area (Å²) < 4.78 is 60.3. The van der Waals surface area contributed by atoms with Crippen LogP contribution in [0.2, 0.25) is 5.02 Å². The molecule has 5 nitrogen and oxygen atoms in total. The van der Waals surface area contributed by atoms with E-state index in [-0.39, 0.29) is 19.1 Å². The minimum Gasteiger partial charge on any atom is -0.356 e. The molecule has 0 amide bonds. The molecule has 2 heterocycles. The summed E-state index contributed by atoms with van der Waals surface area (Å²) >= 11 is 6.05. The second kappa shape index (κ2) is 7.59. The molecule has 4 rings (SSSR count). The predicted molar refractivity (Wildman–Crippen MR) is 102 cm³/mol. The van der Waals surface area contributed by atoms with Gasteiger partial charge in [-0.25, -0.2) is 17.2 Å². The van der Waals surface area contributed by atoms with E-state index >= 15 is 0 Å². The van der Waals surface area contributed by atoms with Crippen molar-refractivity contribution in [1.29, 1.82) is 0 Å². The molecule has 2 aromatic rings. The molecule has 0 N–H and O–H groups in total. The lowest BCUT2D eigenvalue weighted by atomic mass is 10.0. The Labute approximate surface area is 167 Å². The van der Waals surface area contributed by atoms with Crippen molar-refractivity contribution < 1.29 is 21.9 Å². The van der Waals surface area contributed by atoms with E-state index in [1.165, 1.54) is 0 Å². The number of benzene rings is 2. The van der Waals surface area contributed by atoms with Crippen molar-refractivity contribution in [2.45, 2.75) is 30.4 Å². The van der Waals surface area contributed by atoms with Gasteiger partial charge in [-0.05, 0) is 43.2 Å². The first-order valence-electron chi connectivity index (χ1n) is 8.95. The largest absolute Gasteiger partial charge is 0.356 e. The normalized spacial score (nSPS) is 18.9. The highest BCUT2D eigenvalue weighted by Crippen LogP contribution is 2.33. The van der Waals surface area contributed by atoms with Crippen LogP contribution in [-0.2, 0) is 21.4 Å². The van der Waals surface area contributed by atoms with Gasteiger partial charge in [0.2, 0.25) is 10.0 Å². The number of halogens is 3. The summed E-state index contributed by atoms with van der Waals surface area (Å²) in [7, 11) is -4.23. The van der Waals surface area contributed by atoms with Crippen molar-refractivity contribution in [1.82, 2.24) is 4.31 Å². The summed E-state index contributed by atoms with van der Waals surface area (Å²) in [4.78, 5) is 1.22. The highest BCUT2D eigenvalue weighted by Gasteiger charge is 2.36. The second-order valence-corrected chi connectivity index (χ2v) is 9.22. The van der Waals surface area contributed by atoms with Crippen LogP contribution in [0.25, 0.3) is 0 Å². The van der Waals surface area contributed by atoms with Gasteiger partial charge in [0.25, 0.3) is 0 Å². The smallest absolute Gasteiger partial charge is 0.248 e. The molecular weight excluding hydrogens is 410 g/mol. The number of fused-ring (bicyclic) bond motifs is 1. The lowest BCUT2D eigenvalue weighted by Gasteiger charge is -2.41. The summed E-state index contributed by atoms with van der Waals surface area (Å²) in [5.41, 5.74) is 2.01. The zero-order chi connectivity index (χ0) is 19.9.